The predicted molar refractivity (Wildman–Crippen MR) is 160 cm³/mol. The van der Waals surface area contributed by atoms with Crippen molar-refractivity contribution >= 4 is 56.8 Å². The van der Waals surface area contributed by atoms with E-state index in [-0.39, 0.29) is 11.8 Å². The molecule has 1 amide bonds. The molecule has 3 nitrogen and oxygen atoms in total. The molecule has 1 aliphatic carbocycles. The van der Waals surface area contributed by atoms with Crippen LogP contribution in [0.2, 0.25) is 10.0 Å². The van der Waals surface area contributed by atoms with Crippen molar-refractivity contribution < 1.29 is 4.79 Å². The Morgan fingerprint density at radius 2 is 1.68 bits per heavy atom. The molecule has 0 saturated heterocycles. The molecule has 4 rings (SSSR count). The molecule has 1 unspecified atom stereocenters. The van der Waals surface area contributed by atoms with Gasteiger partial charge >= 0.3 is 0 Å². The summed E-state index contributed by atoms with van der Waals surface area (Å²) in [5, 5.41) is 4.29. The Morgan fingerprint density at radius 1 is 0.973 bits per heavy atom. The second-order valence-electron chi connectivity index (χ2n) is 9.98. The summed E-state index contributed by atoms with van der Waals surface area (Å²) < 4.78 is 1.02. The SMILES string of the molecule is Cc1ccccc1Sc1ccc(CC(Cc2ccc(Br)cc2)C(=O)NCC2CCC(N)CC2)c(Cl)c1Cl. The van der Waals surface area contributed by atoms with Gasteiger partial charge in [-0.1, -0.05) is 87.3 Å². The second-order valence-corrected chi connectivity index (χ2v) is 12.7. The van der Waals surface area contributed by atoms with Crippen LogP contribution in [0.1, 0.15) is 42.4 Å². The summed E-state index contributed by atoms with van der Waals surface area (Å²) in [7, 11) is 0. The average molecular weight is 620 g/mol. The van der Waals surface area contributed by atoms with Gasteiger partial charge in [-0.05, 0) is 92.3 Å². The van der Waals surface area contributed by atoms with E-state index in [1.807, 2.05) is 36.4 Å². The summed E-state index contributed by atoms with van der Waals surface area (Å²) in [6.45, 7) is 2.78. The lowest BCUT2D eigenvalue weighted by molar-refractivity contribution is -0.125. The van der Waals surface area contributed by atoms with Crippen molar-refractivity contribution in [3.63, 3.8) is 0 Å². The molecule has 3 N–H and O–H groups in total. The minimum Gasteiger partial charge on any atom is -0.356 e. The topological polar surface area (TPSA) is 55.1 Å². The van der Waals surface area contributed by atoms with E-state index in [9.17, 15) is 4.79 Å². The van der Waals surface area contributed by atoms with E-state index in [1.165, 1.54) is 5.56 Å². The molecule has 0 radical (unpaired) electrons. The molecule has 3 aromatic carbocycles. The Balaban J connectivity index is 1.50. The average Bonchev–Trinajstić information content (AvgIpc) is 2.89. The third-order valence-electron chi connectivity index (χ3n) is 7.13. The highest BCUT2D eigenvalue weighted by atomic mass is 79.9. The lowest BCUT2D eigenvalue weighted by atomic mass is 9.86. The van der Waals surface area contributed by atoms with Gasteiger partial charge in [0.1, 0.15) is 0 Å². The molecular formula is C30H33BrCl2N2OS. The van der Waals surface area contributed by atoms with Gasteiger partial charge in [0.05, 0.1) is 10.0 Å². The minimum absolute atomic E-state index is 0.0586. The van der Waals surface area contributed by atoms with Crippen LogP contribution in [0.3, 0.4) is 0 Å². The number of amides is 1. The Labute approximate surface area is 243 Å². The van der Waals surface area contributed by atoms with Crippen molar-refractivity contribution in [2.45, 2.75) is 61.3 Å². The molecule has 196 valence electrons. The molecule has 1 saturated carbocycles. The van der Waals surface area contributed by atoms with Crippen LogP contribution in [-0.2, 0) is 17.6 Å². The maximum Gasteiger partial charge on any atom is 0.223 e. The third-order valence-corrected chi connectivity index (χ3v) is 9.93. The number of carbonyl (C=O) groups is 1. The number of aryl methyl sites for hydroxylation is 1. The van der Waals surface area contributed by atoms with Crippen LogP contribution in [0.4, 0.5) is 0 Å². The molecule has 0 aliphatic heterocycles. The van der Waals surface area contributed by atoms with E-state index in [0.717, 1.165) is 51.1 Å². The van der Waals surface area contributed by atoms with Gasteiger partial charge in [0.2, 0.25) is 5.91 Å². The fourth-order valence-corrected chi connectivity index (χ4v) is 6.61. The second kappa shape index (κ2) is 13.5. The van der Waals surface area contributed by atoms with Gasteiger partial charge in [-0.15, -0.1) is 0 Å². The standard InChI is InChI=1S/C30H33BrCl2N2OS/c1-19-4-2-3-5-26(19)37-27-15-10-22(28(32)29(27)33)17-23(16-20-6-11-24(31)12-7-20)30(36)35-18-21-8-13-25(34)14-9-21/h2-7,10-12,15,21,23,25H,8-9,13-14,16-18,34H2,1H3,(H,35,36). The first kappa shape index (κ1) is 28.5. The van der Waals surface area contributed by atoms with Gasteiger partial charge in [0.15, 0.2) is 0 Å². The van der Waals surface area contributed by atoms with E-state index in [2.05, 4.69) is 52.4 Å². The number of rotatable bonds is 9. The molecule has 1 aliphatic rings. The largest absolute Gasteiger partial charge is 0.356 e. The highest BCUT2D eigenvalue weighted by Gasteiger charge is 2.24. The van der Waals surface area contributed by atoms with Crippen LogP contribution in [0, 0.1) is 18.8 Å². The summed E-state index contributed by atoms with van der Waals surface area (Å²) in [4.78, 5) is 15.5. The van der Waals surface area contributed by atoms with Crippen molar-refractivity contribution in [1.29, 1.82) is 0 Å². The van der Waals surface area contributed by atoms with E-state index in [1.54, 1.807) is 11.8 Å². The first-order valence-electron chi connectivity index (χ1n) is 12.8. The zero-order chi connectivity index (χ0) is 26.4. The Bertz CT molecular complexity index is 1210. The van der Waals surface area contributed by atoms with E-state index in [4.69, 9.17) is 28.9 Å². The number of hydrogen-bond donors (Lipinski definition) is 2. The first-order valence-corrected chi connectivity index (χ1v) is 15.1. The molecule has 7 heteroatoms. The number of nitrogens with two attached hydrogens (primary N) is 1. The molecule has 0 spiro atoms. The van der Waals surface area contributed by atoms with E-state index in [0.29, 0.717) is 41.4 Å². The van der Waals surface area contributed by atoms with Gasteiger partial charge in [0, 0.05) is 32.8 Å². The Morgan fingerprint density at radius 3 is 2.38 bits per heavy atom. The summed E-state index contributed by atoms with van der Waals surface area (Å²) in [5.41, 5.74) is 9.25. The molecule has 3 aromatic rings. The normalized spacial score (nSPS) is 18.4. The van der Waals surface area contributed by atoms with Crippen LogP contribution >= 0.6 is 50.9 Å². The van der Waals surface area contributed by atoms with Crippen LogP contribution in [-0.4, -0.2) is 18.5 Å². The Hall–Kier alpha value is -1.50. The van der Waals surface area contributed by atoms with Crippen LogP contribution in [0.25, 0.3) is 0 Å². The number of nitrogens with one attached hydrogen (secondary N) is 1. The zero-order valence-corrected chi connectivity index (χ0v) is 24.9. The van der Waals surface area contributed by atoms with Gasteiger partial charge in [-0.2, -0.15) is 0 Å². The van der Waals surface area contributed by atoms with Crippen molar-refractivity contribution in [3.05, 3.63) is 91.9 Å². The highest BCUT2D eigenvalue weighted by molar-refractivity contribution is 9.10. The quantitative estimate of drug-likeness (QED) is 0.253. The zero-order valence-electron chi connectivity index (χ0n) is 21.0. The molecule has 0 aromatic heterocycles. The van der Waals surface area contributed by atoms with Gasteiger partial charge in [-0.3, -0.25) is 4.79 Å². The number of benzene rings is 3. The fraction of sp³-hybridized carbons (Fsp3) is 0.367. The van der Waals surface area contributed by atoms with Gasteiger partial charge in [0.25, 0.3) is 0 Å². The molecule has 1 atom stereocenters. The predicted octanol–water partition coefficient (Wildman–Crippen LogP) is 8.25. The molecule has 37 heavy (non-hydrogen) atoms. The maximum absolute atomic E-state index is 13.4. The summed E-state index contributed by atoms with van der Waals surface area (Å²) in [5.74, 6) is 0.298. The minimum atomic E-state index is -0.254. The first-order chi connectivity index (χ1) is 17.8. The van der Waals surface area contributed by atoms with Crippen molar-refractivity contribution in [2.75, 3.05) is 6.54 Å². The van der Waals surface area contributed by atoms with E-state index < -0.39 is 0 Å². The van der Waals surface area contributed by atoms with Crippen LogP contribution in [0.5, 0.6) is 0 Å². The smallest absolute Gasteiger partial charge is 0.223 e. The molecule has 1 fully saturated rings. The van der Waals surface area contributed by atoms with Crippen LogP contribution in [0.15, 0.2) is 74.9 Å². The van der Waals surface area contributed by atoms with Gasteiger partial charge < -0.3 is 11.1 Å². The Kier molecular flexibility index (Phi) is 10.4. The fourth-order valence-electron chi connectivity index (χ4n) is 4.81. The van der Waals surface area contributed by atoms with E-state index >= 15 is 0 Å². The van der Waals surface area contributed by atoms with Crippen molar-refractivity contribution in [1.82, 2.24) is 5.32 Å². The molecular weight excluding hydrogens is 587 g/mol. The maximum atomic E-state index is 13.4. The molecule has 0 bridgehead atoms. The van der Waals surface area contributed by atoms with Crippen molar-refractivity contribution in [3.8, 4) is 0 Å². The third kappa shape index (κ3) is 8.00. The summed E-state index contributed by atoms with van der Waals surface area (Å²) >= 11 is 18.6. The lowest BCUT2D eigenvalue weighted by Gasteiger charge is -2.27. The van der Waals surface area contributed by atoms with Gasteiger partial charge in [-0.25, -0.2) is 0 Å². The highest BCUT2D eigenvalue weighted by Crippen LogP contribution is 2.40. The number of hydrogen-bond acceptors (Lipinski definition) is 3. The van der Waals surface area contributed by atoms with Crippen LogP contribution < -0.4 is 11.1 Å². The molecule has 0 heterocycles. The summed E-state index contributed by atoms with van der Waals surface area (Å²) in [6, 6.07) is 20.7. The monoisotopic (exact) mass is 618 g/mol. The summed E-state index contributed by atoms with van der Waals surface area (Å²) in [6.07, 6.45) is 5.35. The lowest BCUT2D eigenvalue weighted by Crippen LogP contribution is -2.38. The number of halogens is 3. The number of carbonyl (C=O) groups excluding carboxylic acids is 1. The van der Waals surface area contributed by atoms with Crippen molar-refractivity contribution in [2.24, 2.45) is 17.6 Å².